The Labute approximate surface area is 86.1 Å². The van der Waals surface area contributed by atoms with E-state index in [1.54, 1.807) is 24.3 Å². The third kappa shape index (κ3) is 1.78. The average Bonchev–Trinajstić information content (AvgIpc) is 2.71. The lowest BCUT2D eigenvalue weighted by Gasteiger charge is -2.08. The van der Waals surface area contributed by atoms with Gasteiger partial charge in [0, 0.05) is 4.88 Å². The van der Waals surface area contributed by atoms with Gasteiger partial charge in [0.05, 0.1) is 0 Å². The second-order valence-electron chi connectivity index (χ2n) is 3.01. The number of hydrogen-bond donors (Lipinski definition) is 2. The third-order valence-corrected chi connectivity index (χ3v) is 2.95. The SMILES string of the molecule is Oc1ccc(C(O)c2cccs2)cc1. The highest BCUT2D eigenvalue weighted by Gasteiger charge is 2.10. The van der Waals surface area contributed by atoms with Gasteiger partial charge in [0.25, 0.3) is 0 Å². The lowest BCUT2D eigenvalue weighted by Crippen LogP contribution is -1.95. The Kier molecular flexibility index (Phi) is 2.52. The Morgan fingerprint density at radius 2 is 1.79 bits per heavy atom. The van der Waals surface area contributed by atoms with E-state index in [2.05, 4.69) is 0 Å². The number of benzene rings is 1. The van der Waals surface area contributed by atoms with Crippen LogP contribution < -0.4 is 0 Å². The zero-order valence-corrected chi connectivity index (χ0v) is 8.24. The van der Waals surface area contributed by atoms with Crippen molar-refractivity contribution in [3.63, 3.8) is 0 Å². The van der Waals surface area contributed by atoms with Crippen LogP contribution in [0.2, 0.25) is 0 Å². The highest BCUT2D eigenvalue weighted by molar-refractivity contribution is 7.10. The van der Waals surface area contributed by atoms with E-state index >= 15 is 0 Å². The van der Waals surface area contributed by atoms with Crippen molar-refractivity contribution in [3.8, 4) is 5.75 Å². The lowest BCUT2D eigenvalue weighted by atomic mass is 10.1. The summed E-state index contributed by atoms with van der Waals surface area (Å²) in [7, 11) is 0. The molecule has 1 atom stereocenters. The van der Waals surface area contributed by atoms with Crippen molar-refractivity contribution >= 4 is 11.3 Å². The summed E-state index contributed by atoms with van der Waals surface area (Å²) in [5.74, 6) is 0.215. The van der Waals surface area contributed by atoms with Gasteiger partial charge in [0.15, 0.2) is 0 Å². The summed E-state index contributed by atoms with van der Waals surface area (Å²) < 4.78 is 0. The van der Waals surface area contributed by atoms with Gasteiger partial charge in [-0.2, -0.15) is 0 Å². The quantitative estimate of drug-likeness (QED) is 0.792. The number of hydrogen-bond acceptors (Lipinski definition) is 3. The first-order chi connectivity index (χ1) is 6.77. The van der Waals surface area contributed by atoms with Gasteiger partial charge >= 0.3 is 0 Å². The fourth-order valence-corrected chi connectivity index (χ4v) is 2.00. The number of phenols is 1. The number of phenolic OH excluding ortho intramolecular Hbond substituents is 1. The van der Waals surface area contributed by atoms with E-state index in [9.17, 15) is 5.11 Å². The number of aliphatic hydroxyl groups is 1. The molecule has 14 heavy (non-hydrogen) atoms. The molecule has 3 heteroatoms. The molecule has 0 aliphatic heterocycles. The van der Waals surface area contributed by atoms with Crippen LogP contribution in [0.3, 0.4) is 0 Å². The summed E-state index contributed by atoms with van der Waals surface area (Å²) in [6.07, 6.45) is -0.587. The highest BCUT2D eigenvalue weighted by atomic mass is 32.1. The van der Waals surface area contributed by atoms with Crippen molar-refractivity contribution in [1.29, 1.82) is 0 Å². The van der Waals surface area contributed by atoms with Gasteiger partial charge < -0.3 is 10.2 Å². The molecule has 0 saturated carbocycles. The van der Waals surface area contributed by atoms with Gasteiger partial charge in [0.2, 0.25) is 0 Å². The predicted molar refractivity (Wildman–Crippen MR) is 56.5 cm³/mol. The molecule has 1 aromatic heterocycles. The van der Waals surface area contributed by atoms with Crippen LogP contribution in [0.15, 0.2) is 41.8 Å². The van der Waals surface area contributed by atoms with E-state index in [0.29, 0.717) is 0 Å². The molecule has 2 aromatic rings. The topological polar surface area (TPSA) is 40.5 Å². The van der Waals surface area contributed by atoms with Gasteiger partial charge in [-0.05, 0) is 29.1 Å². The van der Waals surface area contributed by atoms with E-state index in [4.69, 9.17) is 5.11 Å². The molecule has 2 nitrogen and oxygen atoms in total. The van der Waals surface area contributed by atoms with Crippen molar-refractivity contribution < 1.29 is 10.2 Å². The third-order valence-electron chi connectivity index (χ3n) is 2.02. The molecule has 0 amide bonds. The Hall–Kier alpha value is -1.32. The van der Waals surface area contributed by atoms with Crippen LogP contribution in [-0.2, 0) is 0 Å². The highest BCUT2D eigenvalue weighted by Crippen LogP contribution is 2.26. The smallest absolute Gasteiger partial charge is 0.115 e. The second kappa shape index (κ2) is 3.82. The Balaban J connectivity index is 2.28. The summed E-state index contributed by atoms with van der Waals surface area (Å²) >= 11 is 1.52. The summed E-state index contributed by atoms with van der Waals surface area (Å²) in [5.41, 5.74) is 0.797. The summed E-state index contributed by atoms with van der Waals surface area (Å²) in [4.78, 5) is 0.913. The van der Waals surface area contributed by atoms with Crippen molar-refractivity contribution in [2.45, 2.75) is 6.10 Å². The van der Waals surface area contributed by atoms with E-state index in [1.807, 2.05) is 17.5 Å². The minimum Gasteiger partial charge on any atom is -0.508 e. The first kappa shape index (κ1) is 9.24. The molecule has 1 unspecified atom stereocenters. The molecule has 1 aromatic carbocycles. The van der Waals surface area contributed by atoms with Crippen LogP contribution in [0.25, 0.3) is 0 Å². The standard InChI is InChI=1S/C11H10O2S/c12-9-5-3-8(4-6-9)11(13)10-2-1-7-14-10/h1-7,11-13H. The lowest BCUT2D eigenvalue weighted by molar-refractivity contribution is 0.224. The zero-order chi connectivity index (χ0) is 9.97. The van der Waals surface area contributed by atoms with Crippen LogP contribution in [0, 0.1) is 0 Å². The van der Waals surface area contributed by atoms with E-state index in [1.165, 1.54) is 11.3 Å². The second-order valence-corrected chi connectivity index (χ2v) is 3.99. The van der Waals surface area contributed by atoms with Crippen molar-refractivity contribution in [2.24, 2.45) is 0 Å². The molecule has 0 aliphatic carbocycles. The minimum atomic E-state index is -0.587. The molecule has 0 fully saturated rings. The molecule has 0 bridgehead atoms. The number of rotatable bonds is 2. The molecule has 2 rings (SSSR count). The van der Waals surface area contributed by atoms with Crippen molar-refractivity contribution in [3.05, 3.63) is 52.2 Å². The molecule has 0 aliphatic rings. The molecule has 2 N–H and O–H groups in total. The van der Waals surface area contributed by atoms with Gasteiger partial charge in [-0.3, -0.25) is 0 Å². The maximum absolute atomic E-state index is 9.90. The Morgan fingerprint density at radius 1 is 1.07 bits per heavy atom. The van der Waals surface area contributed by atoms with Crippen LogP contribution in [0.1, 0.15) is 16.5 Å². The zero-order valence-electron chi connectivity index (χ0n) is 7.42. The largest absolute Gasteiger partial charge is 0.508 e. The van der Waals surface area contributed by atoms with Gasteiger partial charge in [-0.1, -0.05) is 18.2 Å². The first-order valence-corrected chi connectivity index (χ1v) is 5.16. The Morgan fingerprint density at radius 3 is 2.36 bits per heavy atom. The summed E-state index contributed by atoms with van der Waals surface area (Å²) in [6.45, 7) is 0. The van der Waals surface area contributed by atoms with Gasteiger partial charge in [0.1, 0.15) is 11.9 Å². The first-order valence-electron chi connectivity index (χ1n) is 4.28. The van der Waals surface area contributed by atoms with Crippen LogP contribution >= 0.6 is 11.3 Å². The molecule has 0 spiro atoms. The van der Waals surface area contributed by atoms with Crippen molar-refractivity contribution in [1.82, 2.24) is 0 Å². The van der Waals surface area contributed by atoms with E-state index < -0.39 is 6.10 Å². The number of thiophene rings is 1. The monoisotopic (exact) mass is 206 g/mol. The van der Waals surface area contributed by atoms with Crippen molar-refractivity contribution in [2.75, 3.05) is 0 Å². The van der Waals surface area contributed by atoms with Gasteiger partial charge in [-0.25, -0.2) is 0 Å². The van der Waals surface area contributed by atoms with E-state index in [-0.39, 0.29) is 5.75 Å². The van der Waals surface area contributed by atoms with Crippen LogP contribution in [-0.4, -0.2) is 10.2 Å². The number of aromatic hydroxyl groups is 1. The maximum atomic E-state index is 9.90. The fourth-order valence-electron chi connectivity index (χ4n) is 1.27. The molecular formula is C11H10O2S. The van der Waals surface area contributed by atoms with E-state index in [0.717, 1.165) is 10.4 Å². The Bertz CT molecular complexity index is 392. The summed E-state index contributed by atoms with van der Waals surface area (Å²) in [5, 5.41) is 20.9. The molecule has 72 valence electrons. The maximum Gasteiger partial charge on any atom is 0.115 e. The van der Waals surface area contributed by atoms with Crippen LogP contribution in [0.4, 0.5) is 0 Å². The average molecular weight is 206 g/mol. The normalized spacial score (nSPS) is 12.6. The van der Waals surface area contributed by atoms with Gasteiger partial charge in [-0.15, -0.1) is 11.3 Å². The molecular weight excluding hydrogens is 196 g/mol. The van der Waals surface area contributed by atoms with Crippen LogP contribution in [0.5, 0.6) is 5.75 Å². The summed E-state index contributed by atoms with van der Waals surface area (Å²) in [6, 6.07) is 10.4. The fraction of sp³-hybridized carbons (Fsp3) is 0.0909. The minimum absolute atomic E-state index is 0.215. The molecule has 0 radical (unpaired) electrons. The molecule has 0 saturated heterocycles. The molecule has 1 heterocycles. The predicted octanol–water partition coefficient (Wildman–Crippen LogP) is 2.54. The number of aliphatic hydroxyl groups excluding tert-OH is 1.